The molecule has 0 unspecified atom stereocenters. The first-order valence-electron chi connectivity index (χ1n) is 5.73. The Labute approximate surface area is 104 Å². The van der Waals surface area contributed by atoms with Gasteiger partial charge < -0.3 is 5.11 Å². The number of halogens is 1. The second-order valence-corrected chi connectivity index (χ2v) is 4.91. The molecule has 0 aliphatic heterocycles. The van der Waals surface area contributed by atoms with E-state index in [9.17, 15) is 4.39 Å². The second kappa shape index (κ2) is 5.58. The van der Waals surface area contributed by atoms with Gasteiger partial charge in [-0.2, -0.15) is 0 Å². The average Bonchev–Trinajstić information content (AvgIpc) is 2.71. The molecule has 2 nitrogen and oxygen atoms in total. The zero-order valence-electron chi connectivity index (χ0n) is 9.82. The first-order chi connectivity index (χ1) is 8.24. The zero-order chi connectivity index (χ0) is 12.3. The first-order valence-corrected chi connectivity index (χ1v) is 6.61. The fourth-order valence-electron chi connectivity index (χ4n) is 1.91. The Morgan fingerprint density at radius 3 is 2.94 bits per heavy atom. The molecule has 1 aromatic carbocycles. The van der Waals surface area contributed by atoms with Crippen molar-refractivity contribution < 1.29 is 9.50 Å². The molecule has 0 aliphatic rings. The number of nitrogens with zero attached hydrogens (tertiary/aromatic N) is 1. The molecule has 0 spiro atoms. The second-order valence-electron chi connectivity index (χ2n) is 3.99. The summed E-state index contributed by atoms with van der Waals surface area (Å²) in [5.74, 6) is -0.192. The van der Waals surface area contributed by atoms with Crippen LogP contribution in [0.2, 0.25) is 0 Å². The third-order valence-electron chi connectivity index (χ3n) is 2.87. The molecule has 1 N–H and O–H groups in total. The third-order valence-corrected chi connectivity index (χ3v) is 3.89. The highest BCUT2D eigenvalue weighted by Gasteiger charge is 2.09. The van der Waals surface area contributed by atoms with Crippen LogP contribution in [0.3, 0.4) is 0 Å². The quantitative estimate of drug-likeness (QED) is 0.885. The molecule has 4 heteroatoms. The van der Waals surface area contributed by atoms with Crippen LogP contribution in [-0.4, -0.2) is 29.7 Å². The van der Waals surface area contributed by atoms with E-state index < -0.39 is 0 Å². The topological polar surface area (TPSA) is 23.5 Å². The van der Waals surface area contributed by atoms with Crippen LogP contribution in [0.25, 0.3) is 10.1 Å². The summed E-state index contributed by atoms with van der Waals surface area (Å²) >= 11 is 1.64. The summed E-state index contributed by atoms with van der Waals surface area (Å²) in [6.07, 6.45) is 0. The molecule has 0 saturated heterocycles. The summed E-state index contributed by atoms with van der Waals surface area (Å²) in [5.41, 5.74) is 1.14. The third kappa shape index (κ3) is 2.83. The number of benzene rings is 1. The molecule has 92 valence electrons. The van der Waals surface area contributed by atoms with Gasteiger partial charge in [0.05, 0.1) is 6.61 Å². The number of aliphatic hydroxyl groups is 1. The van der Waals surface area contributed by atoms with E-state index in [0.717, 1.165) is 28.7 Å². The van der Waals surface area contributed by atoms with Crippen molar-refractivity contribution in [1.29, 1.82) is 0 Å². The van der Waals surface area contributed by atoms with Crippen molar-refractivity contribution in [2.45, 2.75) is 13.5 Å². The molecule has 0 amide bonds. The van der Waals surface area contributed by atoms with E-state index in [1.54, 1.807) is 17.4 Å². The summed E-state index contributed by atoms with van der Waals surface area (Å²) in [6, 6.07) is 4.91. The summed E-state index contributed by atoms with van der Waals surface area (Å²) < 4.78 is 14.3. The largest absolute Gasteiger partial charge is 0.395 e. The summed E-state index contributed by atoms with van der Waals surface area (Å²) in [7, 11) is 0. The predicted molar refractivity (Wildman–Crippen MR) is 69.8 cm³/mol. The van der Waals surface area contributed by atoms with E-state index in [1.807, 2.05) is 6.07 Å². The van der Waals surface area contributed by atoms with E-state index in [2.05, 4.69) is 17.2 Å². The highest BCUT2D eigenvalue weighted by Crippen LogP contribution is 2.27. The lowest BCUT2D eigenvalue weighted by Crippen LogP contribution is -2.25. The van der Waals surface area contributed by atoms with Gasteiger partial charge in [0.1, 0.15) is 5.82 Å². The number of hydrogen-bond donors (Lipinski definition) is 1. The van der Waals surface area contributed by atoms with Crippen molar-refractivity contribution in [2.75, 3.05) is 19.7 Å². The first kappa shape index (κ1) is 12.5. The van der Waals surface area contributed by atoms with Gasteiger partial charge in [-0.15, -0.1) is 11.3 Å². The number of aliphatic hydroxyl groups excluding tert-OH is 1. The minimum Gasteiger partial charge on any atom is -0.395 e. The molecule has 0 bridgehead atoms. The van der Waals surface area contributed by atoms with Crippen LogP contribution in [0.4, 0.5) is 4.39 Å². The van der Waals surface area contributed by atoms with Crippen LogP contribution >= 0.6 is 11.3 Å². The number of rotatable bonds is 5. The van der Waals surface area contributed by atoms with Crippen molar-refractivity contribution in [3.05, 3.63) is 35.0 Å². The van der Waals surface area contributed by atoms with Gasteiger partial charge in [-0.1, -0.05) is 6.92 Å². The van der Waals surface area contributed by atoms with Crippen molar-refractivity contribution in [2.24, 2.45) is 0 Å². The Bertz CT molecular complexity index is 497. The van der Waals surface area contributed by atoms with Gasteiger partial charge in [0.25, 0.3) is 0 Å². The molecule has 0 radical (unpaired) electrons. The number of hydrogen-bond acceptors (Lipinski definition) is 3. The van der Waals surface area contributed by atoms with Gasteiger partial charge in [0.15, 0.2) is 0 Å². The van der Waals surface area contributed by atoms with Gasteiger partial charge in [-0.3, -0.25) is 4.90 Å². The fourth-order valence-corrected chi connectivity index (χ4v) is 2.84. The monoisotopic (exact) mass is 253 g/mol. The van der Waals surface area contributed by atoms with Crippen molar-refractivity contribution in [1.82, 2.24) is 4.90 Å². The molecule has 2 rings (SSSR count). The maximum Gasteiger partial charge on any atom is 0.123 e. The number of thiophene rings is 1. The van der Waals surface area contributed by atoms with E-state index in [0.29, 0.717) is 6.54 Å². The Morgan fingerprint density at radius 1 is 1.41 bits per heavy atom. The summed E-state index contributed by atoms with van der Waals surface area (Å²) in [6.45, 7) is 4.52. The lowest BCUT2D eigenvalue weighted by Gasteiger charge is -2.18. The Morgan fingerprint density at radius 2 is 2.24 bits per heavy atom. The Balaban J connectivity index is 2.26. The van der Waals surface area contributed by atoms with Crippen molar-refractivity contribution in [3.8, 4) is 0 Å². The standard InChI is InChI=1S/C13H16FNOS/c1-2-15(5-6-16)8-10-9-17-13-4-3-11(14)7-12(10)13/h3-4,7,9,16H,2,5-6,8H2,1H3. The SMILES string of the molecule is CCN(CCO)Cc1csc2ccc(F)cc12. The van der Waals surface area contributed by atoms with Crippen molar-refractivity contribution in [3.63, 3.8) is 0 Å². The number of fused-ring (bicyclic) bond motifs is 1. The van der Waals surface area contributed by atoms with E-state index in [4.69, 9.17) is 5.11 Å². The minimum atomic E-state index is -0.192. The van der Waals surface area contributed by atoms with Gasteiger partial charge in [0, 0.05) is 17.8 Å². The average molecular weight is 253 g/mol. The van der Waals surface area contributed by atoms with Crippen LogP contribution in [-0.2, 0) is 6.54 Å². The maximum absolute atomic E-state index is 13.2. The number of likely N-dealkylation sites (N-methyl/N-ethyl adjacent to an activating group) is 1. The Kier molecular flexibility index (Phi) is 4.10. The summed E-state index contributed by atoms with van der Waals surface area (Å²) in [4.78, 5) is 2.15. The van der Waals surface area contributed by atoms with E-state index >= 15 is 0 Å². The normalized spacial score (nSPS) is 11.5. The predicted octanol–water partition coefficient (Wildman–Crippen LogP) is 2.85. The van der Waals surface area contributed by atoms with Crippen LogP contribution in [0.1, 0.15) is 12.5 Å². The maximum atomic E-state index is 13.2. The fraction of sp³-hybridized carbons (Fsp3) is 0.385. The molecule has 0 fully saturated rings. The molecular weight excluding hydrogens is 237 g/mol. The van der Waals surface area contributed by atoms with Crippen LogP contribution in [0.15, 0.2) is 23.6 Å². The smallest absolute Gasteiger partial charge is 0.123 e. The van der Waals surface area contributed by atoms with Gasteiger partial charge >= 0.3 is 0 Å². The van der Waals surface area contributed by atoms with Gasteiger partial charge in [-0.25, -0.2) is 4.39 Å². The summed E-state index contributed by atoms with van der Waals surface area (Å²) in [5, 5.41) is 12.0. The van der Waals surface area contributed by atoms with Crippen LogP contribution in [0.5, 0.6) is 0 Å². The molecule has 0 saturated carbocycles. The Hall–Kier alpha value is -0.970. The molecule has 1 heterocycles. The lowest BCUT2D eigenvalue weighted by atomic mass is 10.1. The van der Waals surface area contributed by atoms with Gasteiger partial charge in [0.2, 0.25) is 0 Å². The van der Waals surface area contributed by atoms with Crippen molar-refractivity contribution >= 4 is 21.4 Å². The molecule has 0 atom stereocenters. The van der Waals surface area contributed by atoms with Crippen LogP contribution in [0, 0.1) is 5.82 Å². The molecule has 2 aromatic rings. The lowest BCUT2D eigenvalue weighted by molar-refractivity contribution is 0.197. The highest BCUT2D eigenvalue weighted by atomic mass is 32.1. The highest BCUT2D eigenvalue weighted by molar-refractivity contribution is 7.17. The van der Waals surface area contributed by atoms with E-state index in [-0.39, 0.29) is 12.4 Å². The molecule has 1 aromatic heterocycles. The zero-order valence-corrected chi connectivity index (χ0v) is 10.6. The van der Waals surface area contributed by atoms with E-state index in [1.165, 1.54) is 6.07 Å². The molecular formula is C13H16FNOS. The van der Waals surface area contributed by atoms with Crippen LogP contribution < -0.4 is 0 Å². The van der Waals surface area contributed by atoms with Gasteiger partial charge in [-0.05, 0) is 41.1 Å². The molecule has 0 aliphatic carbocycles. The molecule has 17 heavy (non-hydrogen) atoms. The minimum absolute atomic E-state index is 0.157.